The average molecular weight is 622 g/mol. The molecule has 14 heteroatoms. The van der Waals surface area contributed by atoms with E-state index in [-0.39, 0.29) is 43.2 Å². The fraction of sp³-hybridized carbons (Fsp3) is 0.433. The zero-order valence-electron chi connectivity index (χ0n) is 25.5. The standard InChI is InChI=1S/C30H35N7O6S/c1-7-42-27(39)21-12-9-8-11-20(21)22(43-16-10-13-31)17-35-26-23(19(4)25(44-26)37-32-14-15-33-37)24(38)36(29(35)41)30(5,6)28(40)34-18(2)3/h8-9,11-12,14-15,18,22H,7,10,16-17H2,1-6H3,(H,34,40)/t22-/m0/s1. The average Bonchev–Trinajstić information content (AvgIpc) is 3.62. The van der Waals surface area contributed by atoms with Crippen molar-refractivity contribution in [2.45, 2.75) is 72.2 Å². The molecule has 1 aromatic carbocycles. The number of hydrogen-bond donors (Lipinski definition) is 1. The summed E-state index contributed by atoms with van der Waals surface area (Å²) in [5.74, 6) is -1.07. The summed E-state index contributed by atoms with van der Waals surface area (Å²) < 4.78 is 13.7. The van der Waals surface area contributed by atoms with Crippen molar-refractivity contribution in [2.24, 2.45) is 0 Å². The smallest absolute Gasteiger partial charge is 0.338 e. The Bertz CT molecular complexity index is 1830. The maximum atomic E-state index is 14.4. The van der Waals surface area contributed by atoms with E-state index >= 15 is 0 Å². The molecular weight excluding hydrogens is 586 g/mol. The lowest BCUT2D eigenvalue weighted by molar-refractivity contribution is -0.129. The second-order valence-corrected chi connectivity index (χ2v) is 11.8. The van der Waals surface area contributed by atoms with Crippen LogP contribution in [-0.4, -0.2) is 55.3 Å². The summed E-state index contributed by atoms with van der Waals surface area (Å²) in [6.07, 6.45) is 2.16. The van der Waals surface area contributed by atoms with E-state index in [1.54, 1.807) is 52.0 Å². The number of fused-ring (bicyclic) bond motifs is 1. The van der Waals surface area contributed by atoms with Gasteiger partial charge in [0.05, 0.1) is 55.6 Å². The number of carbonyl (C=O) groups excluding carboxylic acids is 2. The molecule has 1 amide bonds. The van der Waals surface area contributed by atoms with E-state index in [0.29, 0.717) is 21.0 Å². The van der Waals surface area contributed by atoms with Crippen LogP contribution in [0.15, 0.2) is 46.2 Å². The minimum absolute atomic E-state index is 0.0179. The fourth-order valence-corrected chi connectivity index (χ4v) is 6.09. The normalized spacial score (nSPS) is 12.3. The first-order valence-corrected chi connectivity index (χ1v) is 15.0. The molecule has 1 N–H and O–H groups in total. The molecule has 0 radical (unpaired) electrons. The number of esters is 1. The maximum absolute atomic E-state index is 14.4. The van der Waals surface area contributed by atoms with Gasteiger partial charge in [0.25, 0.3) is 5.56 Å². The Hall–Kier alpha value is -4.61. The number of thiophene rings is 1. The van der Waals surface area contributed by atoms with Crippen LogP contribution in [0, 0.1) is 18.3 Å². The van der Waals surface area contributed by atoms with Crippen LogP contribution in [0.25, 0.3) is 15.2 Å². The molecule has 1 atom stereocenters. The van der Waals surface area contributed by atoms with Gasteiger partial charge in [-0.3, -0.25) is 14.2 Å². The number of aryl methyl sites for hydroxylation is 1. The van der Waals surface area contributed by atoms with Crippen molar-refractivity contribution in [1.82, 2.24) is 29.4 Å². The third-order valence-electron chi connectivity index (χ3n) is 7.01. The first-order chi connectivity index (χ1) is 20.9. The Balaban J connectivity index is 2.02. The first kappa shape index (κ1) is 32.3. The quantitative estimate of drug-likeness (QED) is 0.185. The SMILES string of the molecule is CCOC(=O)c1ccccc1[C@H](Cn1c(=O)n(C(C)(C)C(=O)NC(C)C)c(=O)c2c(C)c(-n3nccn3)sc21)OCCC#N. The summed E-state index contributed by atoms with van der Waals surface area (Å²) in [6.45, 7) is 10.1. The van der Waals surface area contributed by atoms with E-state index in [9.17, 15) is 24.4 Å². The molecule has 0 unspecified atom stereocenters. The lowest BCUT2D eigenvalue weighted by Crippen LogP contribution is -2.56. The summed E-state index contributed by atoms with van der Waals surface area (Å²) in [7, 11) is 0. The van der Waals surface area contributed by atoms with E-state index in [1.807, 2.05) is 6.07 Å². The lowest BCUT2D eigenvalue weighted by Gasteiger charge is -2.28. The van der Waals surface area contributed by atoms with Gasteiger partial charge in [-0.15, -0.1) is 4.80 Å². The molecule has 4 rings (SSSR count). The van der Waals surface area contributed by atoms with Gasteiger partial charge in [0.15, 0.2) is 0 Å². The molecular formula is C30H35N7O6S. The Labute approximate surface area is 257 Å². The molecule has 44 heavy (non-hydrogen) atoms. The Morgan fingerprint density at radius 3 is 2.48 bits per heavy atom. The number of carbonyl (C=O) groups is 2. The lowest BCUT2D eigenvalue weighted by atomic mass is 10.0. The van der Waals surface area contributed by atoms with Gasteiger partial charge in [0, 0.05) is 11.6 Å². The second-order valence-electron chi connectivity index (χ2n) is 10.8. The summed E-state index contributed by atoms with van der Waals surface area (Å²) in [4.78, 5) is 56.5. The second kappa shape index (κ2) is 13.4. The number of ether oxygens (including phenoxy) is 2. The van der Waals surface area contributed by atoms with Crippen molar-refractivity contribution >= 4 is 33.4 Å². The Morgan fingerprint density at radius 1 is 1.16 bits per heavy atom. The van der Waals surface area contributed by atoms with Gasteiger partial charge in [-0.05, 0) is 53.2 Å². The number of amides is 1. The first-order valence-electron chi connectivity index (χ1n) is 14.2. The highest BCUT2D eigenvalue weighted by atomic mass is 32.1. The zero-order chi connectivity index (χ0) is 32.2. The van der Waals surface area contributed by atoms with E-state index in [2.05, 4.69) is 15.5 Å². The number of rotatable bonds is 12. The van der Waals surface area contributed by atoms with E-state index < -0.39 is 34.8 Å². The van der Waals surface area contributed by atoms with Crippen LogP contribution in [0.3, 0.4) is 0 Å². The molecule has 0 saturated heterocycles. The molecule has 0 aliphatic heterocycles. The topological polar surface area (TPSA) is 163 Å². The number of benzene rings is 1. The van der Waals surface area contributed by atoms with Crippen LogP contribution < -0.4 is 16.6 Å². The van der Waals surface area contributed by atoms with Crippen molar-refractivity contribution < 1.29 is 19.1 Å². The van der Waals surface area contributed by atoms with Crippen molar-refractivity contribution in [2.75, 3.05) is 13.2 Å². The molecule has 13 nitrogen and oxygen atoms in total. The monoisotopic (exact) mass is 621 g/mol. The molecule has 0 saturated carbocycles. The molecule has 3 heterocycles. The van der Waals surface area contributed by atoms with Crippen molar-refractivity contribution in [3.05, 3.63) is 74.2 Å². The van der Waals surface area contributed by atoms with Gasteiger partial charge < -0.3 is 14.8 Å². The van der Waals surface area contributed by atoms with Crippen LogP contribution in [0.5, 0.6) is 0 Å². The third-order valence-corrected chi connectivity index (χ3v) is 8.29. The van der Waals surface area contributed by atoms with Gasteiger partial charge in [0.1, 0.15) is 21.5 Å². The summed E-state index contributed by atoms with van der Waals surface area (Å²) >= 11 is 1.15. The van der Waals surface area contributed by atoms with Gasteiger partial charge in [-0.1, -0.05) is 29.5 Å². The summed E-state index contributed by atoms with van der Waals surface area (Å²) in [5, 5.41) is 21.2. The van der Waals surface area contributed by atoms with Crippen molar-refractivity contribution in [3.8, 4) is 11.1 Å². The van der Waals surface area contributed by atoms with Gasteiger partial charge >= 0.3 is 11.7 Å². The van der Waals surface area contributed by atoms with Crippen LogP contribution >= 0.6 is 11.3 Å². The highest BCUT2D eigenvalue weighted by molar-refractivity contribution is 7.21. The van der Waals surface area contributed by atoms with Gasteiger partial charge in [-0.2, -0.15) is 15.5 Å². The predicted molar refractivity (Wildman–Crippen MR) is 164 cm³/mol. The summed E-state index contributed by atoms with van der Waals surface area (Å²) in [6, 6.07) is 8.52. The minimum Gasteiger partial charge on any atom is -0.462 e. The minimum atomic E-state index is -1.58. The van der Waals surface area contributed by atoms with Crippen molar-refractivity contribution in [1.29, 1.82) is 5.26 Å². The van der Waals surface area contributed by atoms with E-state index in [0.717, 1.165) is 15.9 Å². The number of nitriles is 1. The van der Waals surface area contributed by atoms with Crippen LogP contribution in [0.1, 0.15) is 68.6 Å². The van der Waals surface area contributed by atoms with Gasteiger partial charge in [-0.25, -0.2) is 14.2 Å². The maximum Gasteiger partial charge on any atom is 0.338 e. The molecule has 0 spiro atoms. The van der Waals surface area contributed by atoms with Crippen molar-refractivity contribution in [3.63, 3.8) is 0 Å². The Kier molecular flexibility index (Phi) is 9.81. The molecule has 0 fully saturated rings. The number of hydrogen-bond acceptors (Lipinski definition) is 10. The number of nitrogens with zero attached hydrogens (tertiary/aromatic N) is 6. The zero-order valence-corrected chi connectivity index (χ0v) is 26.3. The van der Waals surface area contributed by atoms with Gasteiger partial charge in [0.2, 0.25) is 5.91 Å². The van der Waals surface area contributed by atoms with Crippen LogP contribution in [0.2, 0.25) is 0 Å². The van der Waals surface area contributed by atoms with E-state index in [1.165, 1.54) is 35.6 Å². The van der Waals surface area contributed by atoms with Crippen LogP contribution in [0.4, 0.5) is 0 Å². The van der Waals surface area contributed by atoms with E-state index in [4.69, 9.17) is 9.47 Å². The fourth-order valence-electron chi connectivity index (χ4n) is 4.87. The Morgan fingerprint density at radius 2 is 1.84 bits per heavy atom. The predicted octanol–water partition coefficient (Wildman–Crippen LogP) is 3.22. The summed E-state index contributed by atoms with van der Waals surface area (Å²) in [5.41, 5.74) is -1.73. The molecule has 232 valence electrons. The molecule has 0 aliphatic rings. The highest BCUT2D eigenvalue weighted by Crippen LogP contribution is 2.33. The molecule has 3 aromatic heterocycles. The third kappa shape index (κ3) is 6.20. The number of nitrogens with one attached hydrogen (secondary N) is 1. The van der Waals surface area contributed by atoms with Crippen LogP contribution in [-0.2, 0) is 26.4 Å². The highest BCUT2D eigenvalue weighted by Gasteiger charge is 2.36. The molecule has 0 aliphatic carbocycles. The largest absolute Gasteiger partial charge is 0.462 e. The molecule has 0 bridgehead atoms. The number of aromatic nitrogens is 5. The molecule has 4 aromatic rings.